The van der Waals surface area contributed by atoms with Gasteiger partial charge in [0.15, 0.2) is 0 Å². The summed E-state index contributed by atoms with van der Waals surface area (Å²) < 4.78 is 6.78. The lowest BCUT2D eigenvalue weighted by molar-refractivity contribution is 0.591. The lowest BCUT2D eigenvalue weighted by Crippen LogP contribution is -2.10. The molecule has 250 valence electrons. The molecule has 0 radical (unpaired) electrons. The molecule has 9 rings (SSSR count). The molecule has 1 heterocycles. The first-order valence-corrected chi connectivity index (χ1v) is 18.1. The largest absolute Gasteiger partial charge is 0.456 e. The molecule has 0 N–H and O–H groups in total. The van der Waals surface area contributed by atoms with Crippen molar-refractivity contribution >= 4 is 59.6 Å². The van der Waals surface area contributed by atoms with Gasteiger partial charge in [-0.15, -0.1) is 0 Å². The van der Waals surface area contributed by atoms with Crippen molar-refractivity contribution in [2.75, 3.05) is 0 Å². The van der Waals surface area contributed by atoms with E-state index in [1.54, 1.807) is 0 Å². The van der Waals surface area contributed by atoms with E-state index in [0.717, 1.165) is 33.4 Å². The van der Waals surface area contributed by atoms with E-state index in [2.05, 4.69) is 186 Å². The molecule has 0 atom stereocenters. The highest BCUT2D eigenvalue weighted by atomic mass is 16.3. The molecule has 1 nitrogen and oxygen atoms in total. The van der Waals surface area contributed by atoms with Crippen molar-refractivity contribution in [3.05, 3.63) is 187 Å². The second-order valence-corrected chi connectivity index (χ2v) is 14.9. The van der Waals surface area contributed by atoms with E-state index in [1.165, 1.54) is 70.9 Å². The average molecular weight is 669 g/mol. The van der Waals surface area contributed by atoms with Crippen molar-refractivity contribution < 1.29 is 4.42 Å². The van der Waals surface area contributed by atoms with Crippen LogP contribution in [0, 0.1) is 6.92 Å². The lowest BCUT2D eigenvalue weighted by Gasteiger charge is -2.20. The Morgan fingerprint density at radius 3 is 1.83 bits per heavy atom. The van der Waals surface area contributed by atoms with Gasteiger partial charge < -0.3 is 4.42 Å². The molecule has 0 unspecified atom stereocenters. The van der Waals surface area contributed by atoms with Gasteiger partial charge in [-0.3, -0.25) is 0 Å². The Morgan fingerprint density at radius 1 is 0.558 bits per heavy atom. The van der Waals surface area contributed by atoms with E-state index in [9.17, 15) is 0 Å². The van der Waals surface area contributed by atoms with Crippen LogP contribution in [0.4, 0.5) is 0 Å². The van der Waals surface area contributed by atoms with Crippen LogP contribution < -0.4 is 0 Å². The van der Waals surface area contributed by atoms with Gasteiger partial charge in [0, 0.05) is 16.5 Å². The van der Waals surface area contributed by atoms with Gasteiger partial charge in [-0.1, -0.05) is 167 Å². The van der Waals surface area contributed by atoms with E-state index < -0.39 is 0 Å². The molecule has 0 amide bonds. The minimum absolute atomic E-state index is 0.0384. The normalized spacial score (nSPS) is 12.4. The summed E-state index contributed by atoms with van der Waals surface area (Å²) >= 11 is 0. The quantitative estimate of drug-likeness (QED) is 0.131. The second-order valence-electron chi connectivity index (χ2n) is 14.9. The molecule has 0 saturated heterocycles. The van der Waals surface area contributed by atoms with Gasteiger partial charge in [0.05, 0.1) is 0 Å². The van der Waals surface area contributed by atoms with Crippen molar-refractivity contribution in [2.24, 2.45) is 0 Å². The summed E-state index contributed by atoms with van der Waals surface area (Å²) in [6, 6.07) is 53.2. The second kappa shape index (κ2) is 12.2. The number of furan rings is 1. The predicted octanol–water partition coefficient (Wildman–Crippen LogP) is 14.6. The van der Waals surface area contributed by atoms with Gasteiger partial charge in [0.25, 0.3) is 0 Å². The summed E-state index contributed by atoms with van der Waals surface area (Å²) in [5.41, 5.74) is 10.5. The number of fused-ring (bicyclic) bond motifs is 5. The molecule has 1 aromatic heterocycles. The van der Waals surface area contributed by atoms with Crippen LogP contribution in [0.5, 0.6) is 0 Å². The Balaban J connectivity index is 1.26. The maximum Gasteiger partial charge on any atom is 0.138 e. The summed E-state index contributed by atoms with van der Waals surface area (Å²) in [5, 5.41) is 11.0. The molecule has 0 aliphatic rings. The third-order valence-corrected chi connectivity index (χ3v) is 10.8. The Kier molecular flexibility index (Phi) is 7.49. The zero-order valence-corrected chi connectivity index (χ0v) is 30.1. The summed E-state index contributed by atoms with van der Waals surface area (Å²) in [6.45, 7) is 13.1. The first-order valence-electron chi connectivity index (χ1n) is 18.1. The standard InChI is InChI=1S/C51H40O/c1-6-15-44(38-24-13-18-34-26-28-36(31-46(34)38)51(3,4)5)50-32(2)45-30-35(27-29-47(45)52-50)48-40-20-9-11-22-42(40)49(43-23-12-10-21-41(43)48)39-25-14-17-33-16-7-8-19-37(33)39/h6-31H,1H2,2-5H3/b44-15-. The predicted molar refractivity (Wildman–Crippen MR) is 224 cm³/mol. The van der Waals surface area contributed by atoms with E-state index >= 15 is 0 Å². The SMILES string of the molecule is C=C/C=C(\c1oc2ccc(-c3c4ccccc4c(-c4cccc5ccccc45)c4ccccc34)cc2c1C)c1cccc2ccc(C(C)(C)C)cc12. The minimum Gasteiger partial charge on any atom is -0.456 e. The smallest absolute Gasteiger partial charge is 0.138 e. The fraction of sp³-hybridized carbons (Fsp3) is 0.0980. The fourth-order valence-electron chi connectivity index (χ4n) is 8.19. The molecular weight excluding hydrogens is 629 g/mol. The van der Waals surface area contributed by atoms with E-state index in [0.29, 0.717) is 0 Å². The van der Waals surface area contributed by atoms with Crippen molar-refractivity contribution in [2.45, 2.75) is 33.1 Å². The molecule has 1 heteroatoms. The van der Waals surface area contributed by atoms with Crippen LogP contribution in [0.1, 0.15) is 43.2 Å². The summed E-state index contributed by atoms with van der Waals surface area (Å²) in [4.78, 5) is 0. The van der Waals surface area contributed by atoms with Crippen molar-refractivity contribution in [1.82, 2.24) is 0 Å². The molecule has 0 spiro atoms. The summed E-state index contributed by atoms with van der Waals surface area (Å²) in [6.07, 6.45) is 3.97. The number of aryl methyl sites for hydroxylation is 1. The first kappa shape index (κ1) is 31.8. The number of hydrogen-bond donors (Lipinski definition) is 0. The van der Waals surface area contributed by atoms with Crippen molar-refractivity contribution in [3.8, 4) is 22.3 Å². The lowest BCUT2D eigenvalue weighted by atomic mass is 9.84. The summed E-state index contributed by atoms with van der Waals surface area (Å²) in [5.74, 6) is 0.877. The van der Waals surface area contributed by atoms with Gasteiger partial charge in [0.1, 0.15) is 11.3 Å². The van der Waals surface area contributed by atoms with Crippen LogP contribution in [0.15, 0.2) is 169 Å². The number of allylic oxidation sites excluding steroid dienone is 2. The minimum atomic E-state index is 0.0384. The topological polar surface area (TPSA) is 13.1 Å². The van der Waals surface area contributed by atoms with Crippen LogP contribution in [-0.2, 0) is 5.41 Å². The van der Waals surface area contributed by atoms with Gasteiger partial charge in [-0.25, -0.2) is 0 Å². The molecule has 0 saturated carbocycles. The van der Waals surface area contributed by atoms with E-state index in [-0.39, 0.29) is 5.41 Å². The van der Waals surface area contributed by atoms with Gasteiger partial charge in [-0.05, 0) is 107 Å². The number of hydrogen-bond acceptors (Lipinski definition) is 1. The van der Waals surface area contributed by atoms with E-state index in [1.807, 2.05) is 6.08 Å². The molecule has 0 fully saturated rings. The molecule has 9 aromatic rings. The van der Waals surface area contributed by atoms with Crippen molar-refractivity contribution in [3.63, 3.8) is 0 Å². The number of benzene rings is 8. The Bertz CT molecular complexity index is 2840. The highest BCUT2D eigenvalue weighted by molar-refractivity contribution is 6.23. The third kappa shape index (κ3) is 5.08. The molecule has 8 aromatic carbocycles. The van der Waals surface area contributed by atoms with Crippen LogP contribution in [0.3, 0.4) is 0 Å². The maximum atomic E-state index is 6.78. The monoisotopic (exact) mass is 668 g/mol. The molecule has 0 aliphatic heterocycles. The van der Waals surface area contributed by atoms with Crippen LogP contribution in [0.25, 0.3) is 81.9 Å². The average Bonchev–Trinajstić information content (AvgIpc) is 3.49. The van der Waals surface area contributed by atoms with Gasteiger partial charge in [0.2, 0.25) is 0 Å². The Labute approximate surface area is 305 Å². The molecular formula is C51H40O. The third-order valence-electron chi connectivity index (χ3n) is 10.8. The zero-order chi connectivity index (χ0) is 35.6. The van der Waals surface area contributed by atoms with Crippen LogP contribution >= 0.6 is 0 Å². The fourth-order valence-corrected chi connectivity index (χ4v) is 8.19. The Hall–Kier alpha value is -6.18. The van der Waals surface area contributed by atoms with Gasteiger partial charge >= 0.3 is 0 Å². The highest BCUT2D eigenvalue weighted by Crippen LogP contribution is 2.46. The Morgan fingerprint density at radius 2 is 1.15 bits per heavy atom. The van der Waals surface area contributed by atoms with E-state index in [4.69, 9.17) is 4.42 Å². The number of rotatable bonds is 5. The van der Waals surface area contributed by atoms with Crippen LogP contribution in [0.2, 0.25) is 0 Å². The molecule has 0 bridgehead atoms. The first-order chi connectivity index (χ1) is 25.3. The van der Waals surface area contributed by atoms with Gasteiger partial charge in [-0.2, -0.15) is 0 Å². The summed E-state index contributed by atoms with van der Waals surface area (Å²) in [7, 11) is 0. The van der Waals surface area contributed by atoms with Crippen LogP contribution in [-0.4, -0.2) is 0 Å². The zero-order valence-electron chi connectivity index (χ0n) is 30.1. The maximum absolute atomic E-state index is 6.78. The van der Waals surface area contributed by atoms with Crippen molar-refractivity contribution in [1.29, 1.82) is 0 Å². The highest BCUT2D eigenvalue weighted by Gasteiger charge is 2.22. The molecule has 52 heavy (non-hydrogen) atoms. The molecule has 0 aliphatic carbocycles.